The van der Waals surface area contributed by atoms with Crippen LogP contribution in [0.25, 0.3) is 0 Å². The van der Waals surface area contributed by atoms with Crippen LogP contribution < -0.4 is 0 Å². The van der Waals surface area contributed by atoms with Crippen LogP contribution in [0.5, 0.6) is 0 Å². The van der Waals surface area contributed by atoms with Crippen molar-refractivity contribution in [2.24, 2.45) is 0 Å². The molecule has 0 aliphatic rings. The summed E-state index contributed by atoms with van der Waals surface area (Å²) in [6.07, 6.45) is 40.8. The molecule has 5 atom stereocenters. The second kappa shape index (κ2) is 56.2. The highest BCUT2D eigenvalue weighted by Crippen LogP contribution is 2.45. The minimum atomic E-state index is -4.94. The van der Waals surface area contributed by atoms with Gasteiger partial charge in [0.25, 0.3) is 0 Å². The van der Waals surface area contributed by atoms with Gasteiger partial charge in [-0.05, 0) is 25.7 Å². The summed E-state index contributed by atoms with van der Waals surface area (Å²) >= 11 is 0. The van der Waals surface area contributed by atoms with E-state index in [1.165, 1.54) is 122 Å². The van der Waals surface area contributed by atoms with E-state index in [4.69, 9.17) is 37.0 Å². The number of carbonyl (C=O) groups is 4. The maximum atomic E-state index is 12.9. The molecular weight excluding hydrogens is 1070 g/mol. The molecule has 0 aromatic rings. The molecule has 2 unspecified atom stereocenters. The number of hydrogen-bond donors (Lipinski definition) is 3. The van der Waals surface area contributed by atoms with Crippen molar-refractivity contribution in [3.63, 3.8) is 0 Å². The number of rotatable bonds is 62. The van der Waals surface area contributed by atoms with E-state index < -0.39 is 97.5 Å². The Morgan fingerprint density at radius 1 is 0.300 bits per heavy atom. The Hall–Kier alpha value is -1.94. The number of esters is 4. The molecule has 0 aromatic carbocycles. The van der Waals surface area contributed by atoms with E-state index in [-0.39, 0.29) is 25.7 Å². The van der Waals surface area contributed by atoms with Gasteiger partial charge in [0.1, 0.15) is 19.3 Å². The Bertz CT molecular complexity index is 1550. The van der Waals surface area contributed by atoms with Crippen LogP contribution in [-0.4, -0.2) is 96.7 Å². The van der Waals surface area contributed by atoms with E-state index in [0.717, 1.165) is 109 Å². The molecule has 0 saturated heterocycles. The fraction of sp³-hybridized carbons (Fsp3) is 0.934. The maximum Gasteiger partial charge on any atom is 0.472 e. The van der Waals surface area contributed by atoms with Gasteiger partial charge in [0.15, 0.2) is 12.2 Å². The first kappa shape index (κ1) is 78.1. The van der Waals surface area contributed by atoms with E-state index in [1.807, 2.05) is 0 Å². The average Bonchev–Trinajstić information content (AvgIpc) is 3.43. The first-order valence-electron chi connectivity index (χ1n) is 32.3. The molecule has 80 heavy (non-hydrogen) atoms. The zero-order chi connectivity index (χ0) is 59.1. The molecule has 19 heteroatoms. The summed E-state index contributed by atoms with van der Waals surface area (Å²) in [4.78, 5) is 71.7. The average molecular weight is 1190 g/mol. The molecule has 0 radical (unpaired) electrons. The maximum absolute atomic E-state index is 12.9. The first-order valence-corrected chi connectivity index (χ1v) is 35.3. The zero-order valence-corrected chi connectivity index (χ0v) is 52.8. The lowest BCUT2D eigenvalue weighted by atomic mass is 10.0. The predicted octanol–water partition coefficient (Wildman–Crippen LogP) is 16.8. The van der Waals surface area contributed by atoms with Gasteiger partial charge in [-0.15, -0.1) is 0 Å². The number of unbranched alkanes of at least 4 members (excludes halogenated alkanes) is 36. The van der Waals surface area contributed by atoms with Crippen molar-refractivity contribution in [2.45, 2.75) is 329 Å². The van der Waals surface area contributed by atoms with Crippen molar-refractivity contribution in [3.8, 4) is 0 Å². The molecule has 474 valence electrons. The van der Waals surface area contributed by atoms with Gasteiger partial charge in [-0.25, -0.2) is 9.13 Å². The standard InChI is InChI=1S/C61H118O17P2/c1-5-9-13-17-20-22-24-26-27-28-29-31-33-36-40-44-48-61(66)78-57(52-72-59(64)46-42-38-35-32-30-25-23-21-18-14-10-6-2)54-76-80(69,70)74-50-55(62)49-73-79(67,68)75-53-56(51-71-58(63)45-41-37-16-12-8-4)77-60(65)47-43-39-34-19-15-11-7-3/h55-57,62H,5-54H2,1-4H3,(H,67,68)(H,69,70)/t55-,56+,57+/m0/s1. The number of hydrogen-bond acceptors (Lipinski definition) is 15. The first-order chi connectivity index (χ1) is 38.7. The summed E-state index contributed by atoms with van der Waals surface area (Å²) < 4.78 is 67.6. The van der Waals surface area contributed by atoms with Crippen LogP contribution in [0.2, 0.25) is 0 Å². The van der Waals surface area contributed by atoms with Crippen molar-refractivity contribution in [1.82, 2.24) is 0 Å². The number of phosphoric acid groups is 2. The van der Waals surface area contributed by atoms with Crippen molar-refractivity contribution in [1.29, 1.82) is 0 Å². The topological polar surface area (TPSA) is 237 Å². The lowest BCUT2D eigenvalue weighted by Gasteiger charge is -2.21. The molecule has 0 amide bonds. The SMILES string of the molecule is CCCCCCCCCCCCCCCCCCC(=O)O[C@H](COC(=O)CCCCCCCCCCCCCC)COP(=O)(O)OC[C@@H](O)COP(=O)(O)OC[C@@H](COC(=O)CCCCCCC)OC(=O)CCCCCCCCC. The largest absolute Gasteiger partial charge is 0.472 e. The van der Waals surface area contributed by atoms with Gasteiger partial charge < -0.3 is 33.8 Å². The van der Waals surface area contributed by atoms with Crippen molar-refractivity contribution < 1.29 is 80.2 Å². The van der Waals surface area contributed by atoms with Gasteiger partial charge in [-0.1, -0.05) is 259 Å². The summed E-state index contributed by atoms with van der Waals surface area (Å²) in [6.45, 7) is 4.75. The Labute approximate surface area is 486 Å². The normalized spacial score (nSPS) is 14.2. The Morgan fingerprint density at radius 3 is 0.738 bits per heavy atom. The van der Waals surface area contributed by atoms with Crippen molar-refractivity contribution in [3.05, 3.63) is 0 Å². The molecule has 0 saturated carbocycles. The smallest absolute Gasteiger partial charge is 0.462 e. The molecule has 0 aliphatic heterocycles. The fourth-order valence-corrected chi connectivity index (χ4v) is 10.7. The van der Waals surface area contributed by atoms with Crippen molar-refractivity contribution in [2.75, 3.05) is 39.6 Å². The van der Waals surface area contributed by atoms with E-state index in [1.54, 1.807) is 0 Å². The molecule has 0 spiro atoms. The minimum absolute atomic E-state index is 0.103. The van der Waals surface area contributed by atoms with E-state index in [2.05, 4.69) is 27.7 Å². The monoisotopic (exact) mass is 1180 g/mol. The van der Waals surface area contributed by atoms with Crippen LogP contribution in [0, 0.1) is 0 Å². The number of aliphatic hydroxyl groups excluding tert-OH is 1. The second-order valence-electron chi connectivity index (χ2n) is 22.1. The molecule has 17 nitrogen and oxygen atoms in total. The van der Waals surface area contributed by atoms with Crippen LogP contribution >= 0.6 is 15.6 Å². The number of phosphoric ester groups is 2. The molecule has 0 bridgehead atoms. The summed E-state index contributed by atoms with van der Waals surface area (Å²) in [5.41, 5.74) is 0. The number of ether oxygens (including phenoxy) is 4. The lowest BCUT2D eigenvalue weighted by molar-refractivity contribution is -0.161. The molecular formula is C61H118O17P2. The lowest BCUT2D eigenvalue weighted by Crippen LogP contribution is -2.30. The highest BCUT2D eigenvalue weighted by molar-refractivity contribution is 7.47. The predicted molar refractivity (Wildman–Crippen MR) is 317 cm³/mol. The van der Waals surface area contributed by atoms with Gasteiger partial charge in [0, 0.05) is 25.7 Å². The zero-order valence-electron chi connectivity index (χ0n) is 51.0. The summed E-state index contributed by atoms with van der Waals surface area (Å²) in [5, 5.41) is 10.5. The highest BCUT2D eigenvalue weighted by Gasteiger charge is 2.30. The van der Waals surface area contributed by atoms with Gasteiger partial charge in [0.05, 0.1) is 26.4 Å². The molecule has 3 N–H and O–H groups in total. The number of carbonyl (C=O) groups excluding carboxylic acids is 4. The Balaban J connectivity index is 5.14. The molecule has 0 rings (SSSR count). The fourth-order valence-electron chi connectivity index (χ4n) is 9.10. The molecule has 0 heterocycles. The Morgan fingerprint density at radius 2 is 0.500 bits per heavy atom. The third-order valence-corrected chi connectivity index (χ3v) is 16.0. The summed E-state index contributed by atoms with van der Waals surface area (Å²) in [7, 11) is -9.86. The molecule has 0 aromatic heterocycles. The third-order valence-electron chi connectivity index (χ3n) is 14.1. The summed E-state index contributed by atoms with van der Waals surface area (Å²) in [5.74, 6) is -2.15. The number of aliphatic hydroxyl groups is 1. The van der Waals surface area contributed by atoms with Crippen LogP contribution in [0.3, 0.4) is 0 Å². The van der Waals surface area contributed by atoms with Gasteiger partial charge in [-0.3, -0.25) is 37.3 Å². The quantitative estimate of drug-likeness (QED) is 0.0222. The van der Waals surface area contributed by atoms with Crippen LogP contribution in [0.1, 0.15) is 310 Å². The van der Waals surface area contributed by atoms with Gasteiger partial charge in [-0.2, -0.15) is 0 Å². The van der Waals surface area contributed by atoms with Crippen LogP contribution in [-0.2, 0) is 65.4 Å². The highest BCUT2D eigenvalue weighted by atomic mass is 31.2. The van der Waals surface area contributed by atoms with E-state index >= 15 is 0 Å². The van der Waals surface area contributed by atoms with Crippen LogP contribution in [0.15, 0.2) is 0 Å². The van der Waals surface area contributed by atoms with E-state index in [9.17, 15) is 43.2 Å². The van der Waals surface area contributed by atoms with Crippen molar-refractivity contribution >= 4 is 39.5 Å². The minimum Gasteiger partial charge on any atom is -0.462 e. The van der Waals surface area contributed by atoms with E-state index in [0.29, 0.717) is 25.7 Å². The molecule has 0 aliphatic carbocycles. The molecule has 0 fully saturated rings. The Kier molecular flexibility index (Phi) is 54.8. The van der Waals surface area contributed by atoms with Gasteiger partial charge in [0.2, 0.25) is 0 Å². The second-order valence-corrected chi connectivity index (χ2v) is 25.0. The van der Waals surface area contributed by atoms with Crippen LogP contribution in [0.4, 0.5) is 0 Å². The summed E-state index contributed by atoms with van der Waals surface area (Å²) in [6, 6.07) is 0. The third kappa shape index (κ3) is 55.3. The van der Waals surface area contributed by atoms with Gasteiger partial charge >= 0.3 is 39.5 Å².